The molecule has 0 N–H and O–H groups in total. The molecule has 0 saturated heterocycles. The molecule has 0 unspecified atom stereocenters. The Morgan fingerprint density at radius 1 is 1.16 bits per heavy atom. The Labute approximate surface area is 190 Å². The fourth-order valence-corrected chi connectivity index (χ4v) is 4.21. The molecule has 3 aromatic rings. The number of nitrogens with zero attached hydrogens (tertiary/aromatic N) is 4. The number of hydrogen-bond donors (Lipinski definition) is 0. The topological polar surface area (TPSA) is 88.8 Å². The maximum absolute atomic E-state index is 13.1. The van der Waals surface area contributed by atoms with Gasteiger partial charge in [0.25, 0.3) is 11.6 Å². The van der Waals surface area contributed by atoms with Gasteiger partial charge in [-0.2, -0.15) is 0 Å². The second-order valence-corrected chi connectivity index (χ2v) is 8.04. The number of non-ortho nitro benzene ring substituents is 1. The molecule has 9 heteroatoms. The Kier molecular flexibility index (Phi) is 7.91. The molecule has 0 saturated carbocycles. The molecule has 3 rings (SSSR count). The van der Waals surface area contributed by atoms with Crippen molar-refractivity contribution in [2.24, 2.45) is 0 Å². The van der Waals surface area contributed by atoms with Crippen LogP contribution in [-0.4, -0.2) is 54.0 Å². The number of rotatable bonds is 10. The largest absolute Gasteiger partial charge is 0.497 e. The van der Waals surface area contributed by atoms with Gasteiger partial charge in [0.15, 0.2) is 5.13 Å². The van der Waals surface area contributed by atoms with Gasteiger partial charge in [0, 0.05) is 31.3 Å². The van der Waals surface area contributed by atoms with Gasteiger partial charge < -0.3 is 9.64 Å². The first-order chi connectivity index (χ1) is 15.4. The average molecular weight is 455 g/mol. The Morgan fingerprint density at radius 3 is 2.50 bits per heavy atom. The van der Waals surface area contributed by atoms with Crippen LogP contribution >= 0.6 is 11.3 Å². The van der Waals surface area contributed by atoms with Gasteiger partial charge >= 0.3 is 0 Å². The van der Waals surface area contributed by atoms with Crippen LogP contribution in [0.25, 0.3) is 16.3 Å². The minimum absolute atomic E-state index is 0.0132. The second-order valence-electron chi connectivity index (χ2n) is 7.03. The molecule has 1 amide bonds. The van der Waals surface area contributed by atoms with Gasteiger partial charge in [-0.05, 0) is 55.1 Å². The summed E-state index contributed by atoms with van der Waals surface area (Å²) in [6.45, 7) is 7.20. The molecule has 168 valence electrons. The van der Waals surface area contributed by atoms with E-state index in [2.05, 4.69) is 23.7 Å². The van der Waals surface area contributed by atoms with Gasteiger partial charge in [-0.15, -0.1) is 0 Å². The third-order valence-electron chi connectivity index (χ3n) is 5.14. The lowest BCUT2D eigenvalue weighted by Crippen LogP contribution is -2.38. The number of aromatic nitrogens is 1. The molecule has 1 heterocycles. The first kappa shape index (κ1) is 23.4. The number of anilines is 1. The number of carbonyl (C=O) groups is 1. The number of nitro benzene ring substituents is 1. The summed E-state index contributed by atoms with van der Waals surface area (Å²) in [5, 5.41) is 11.4. The molecule has 0 bridgehead atoms. The van der Waals surface area contributed by atoms with Crippen molar-refractivity contribution in [2.45, 2.75) is 13.8 Å². The summed E-state index contributed by atoms with van der Waals surface area (Å²) in [5.41, 5.74) is 1.53. The number of hydrogen-bond acceptors (Lipinski definition) is 7. The second kappa shape index (κ2) is 10.8. The maximum atomic E-state index is 13.1. The molecule has 32 heavy (non-hydrogen) atoms. The highest BCUT2D eigenvalue weighted by atomic mass is 32.1. The molecule has 0 aliphatic rings. The van der Waals surface area contributed by atoms with E-state index in [-0.39, 0.29) is 11.6 Å². The molecule has 0 aliphatic heterocycles. The third-order valence-corrected chi connectivity index (χ3v) is 6.18. The number of ether oxygens (including phenoxy) is 1. The van der Waals surface area contributed by atoms with E-state index in [1.807, 2.05) is 18.2 Å². The number of benzene rings is 2. The fourth-order valence-electron chi connectivity index (χ4n) is 3.18. The SMILES string of the molecule is CCN(CC)CCN(C(=O)C=Cc1ccc([N+](=O)[O-])cc1)c1nc2ccc(OC)cc2s1. The standard InChI is InChI=1S/C23H26N4O4S/c1-4-25(5-2)14-15-26(23-24-20-12-11-19(31-3)16-21(20)32-23)22(28)13-8-17-6-9-18(10-7-17)27(29)30/h6-13,16H,4-5,14-15H2,1-3H3. The van der Waals surface area contributed by atoms with Crippen LogP contribution in [-0.2, 0) is 4.79 Å². The Hall–Kier alpha value is -3.30. The first-order valence-electron chi connectivity index (χ1n) is 10.4. The molecule has 1 aromatic heterocycles. The minimum Gasteiger partial charge on any atom is -0.497 e. The van der Waals surface area contributed by atoms with Crippen LogP contribution < -0.4 is 9.64 Å². The van der Waals surface area contributed by atoms with Crippen LogP contribution in [0.4, 0.5) is 10.8 Å². The van der Waals surface area contributed by atoms with Crippen LogP contribution in [0.1, 0.15) is 19.4 Å². The molecular weight excluding hydrogens is 428 g/mol. The van der Waals surface area contributed by atoms with Gasteiger partial charge in [0.1, 0.15) is 5.75 Å². The Bertz CT molecular complexity index is 1110. The number of likely N-dealkylation sites (N-methyl/N-ethyl adjacent to an activating group) is 1. The van der Waals surface area contributed by atoms with E-state index >= 15 is 0 Å². The zero-order chi connectivity index (χ0) is 23.1. The molecule has 8 nitrogen and oxygen atoms in total. The highest BCUT2D eigenvalue weighted by Gasteiger charge is 2.19. The summed E-state index contributed by atoms with van der Waals surface area (Å²) in [4.78, 5) is 32.1. The molecule has 0 radical (unpaired) electrons. The van der Waals surface area contributed by atoms with E-state index in [4.69, 9.17) is 4.74 Å². The van der Waals surface area contributed by atoms with Gasteiger partial charge in [-0.1, -0.05) is 25.2 Å². The monoisotopic (exact) mass is 454 g/mol. The van der Waals surface area contributed by atoms with Gasteiger partial charge in [0.05, 0.1) is 22.2 Å². The lowest BCUT2D eigenvalue weighted by Gasteiger charge is -2.23. The number of methoxy groups -OCH3 is 1. The number of nitro groups is 1. The van der Waals surface area contributed by atoms with Gasteiger partial charge in [0.2, 0.25) is 0 Å². The zero-order valence-corrected chi connectivity index (χ0v) is 19.2. The Balaban J connectivity index is 1.85. The first-order valence-corrected chi connectivity index (χ1v) is 11.2. The van der Waals surface area contributed by atoms with E-state index in [0.717, 1.165) is 35.6 Å². The van der Waals surface area contributed by atoms with Crippen LogP contribution in [0, 0.1) is 10.1 Å². The zero-order valence-electron chi connectivity index (χ0n) is 18.4. The van der Waals surface area contributed by atoms with Crippen LogP contribution in [0.15, 0.2) is 48.5 Å². The summed E-state index contributed by atoms with van der Waals surface area (Å²) in [6.07, 6.45) is 3.14. The van der Waals surface area contributed by atoms with E-state index in [1.54, 1.807) is 30.2 Å². The van der Waals surface area contributed by atoms with Crippen LogP contribution in [0.3, 0.4) is 0 Å². The van der Waals surface area contributed by atoms with Crippen LogP contribution in [0.2, 0.25) is 0 Å². The van der Waals surface area contributed by atoms with E-state index in [1.165, 1.54) is 29.5 Å². The van der Waals surface area contributed by atoms with Crippen molar-refractivity contribution in [2.75, 3.05) is 38.2 Å². The van der Waals surface area contributed by atoms with Gasteiger partial charge in [-0.25, -0.2) is 4.98 Å². The van der Waals surface area contributed by atoms with Crippen molar-refractivity contribution in [3.63, 3.8) is 0 Å². The molecule has 0 atom stereocenters. The number of carbonyl (C=O) groups excluding carboxylic acids is 1. The number of fused-ring (bicyclic) bond motifs is 1. The molecule has 2 aromatic carbocycles. The quantitative estimate of drug-likeness (QED) is 0.253. The number of thiazole rings is 1. The maximum Gasteiger partial charge on any atom is 0.269 e. The van der Waals surface area contributed by atoms with Crippen molar-refractivity contribution < 1.29 is 14.5 Å². The van der Waals surface area contributed by atoms with Crippen molar-refractivity contribution >= 4 is 44.4 Å². The van der Waals surface area contributed by atoms with Crippen molar-refractivity contribution in [1.29, 1.82) is 0 Å². The third kappa shape index (κ3) is 5.68. The summed E-state index contributed by atoms with van der Waals surface area (Å²) < 4.78 is 6.24. The van der Waals surface area contributed by atoms with Crippen molar-refractivity contribution in [3.05, 3.63) is 64.2 Å². The summed E-state index contributed by atoms with van der Waals surface area (Å²) in [5.74, 6) is 0.549. The molecular formula is C23H26N4O4S. The van der Waals surface area contributed by atoms with E-state index < -0.39 is 4.92 Å². The lowest BCUT2D eigenvalue weighted by atomic mass is 10.2. The predicted octanol–water partition coefficient (Wildman–Crippen LogP) is 4.60. The summed E-state index contributed by atoms with van der Waals surface area (Å²) >= 11 is 1.44. The van der Waals surface area contributed by atoms with E-state index in [0.29, 0.717) is 17.2 Å². The molecule has 0 fully saturated rings. The minimum atomic E-state index is -0.449. The van der Waals surface area contributed by atoms with Crippen LogP contribution in [0.5, 0.6) is 5.75 Å². The number of amides is 1. The molecule has 0 spiro atoms. The highest BCUT2D eigenvalue weighted by molar-refractivity contribution is 7.22. The highest BCUT2D eigenvalue weighted by Crippen LogP contribution is 2.31. The van der Waals surface area contributed by atoms with Gasteiger partial charge in [-0.3, -0.25) is 19.8 Å². The Morgan fingerprint density at radius 2 is 1.88 bits per heavy atom. The summed E-state index contributed by atoms with van der Waals surface area (Å²) in [6, 6.07) is 11.7. The van der Waals surface area contributed by atoms with Crippen molar-refractivity contribution in [3.8, 4) is 5.75 Å². The molecule has 0 aliphatic carbocycles. The lowest BCUT2D eigenvalue weighted by molar-refractivity contribution is -0.384. The normalized spacial score (nSPS) is 11.4. The van der Waals surface area contributed by atoms with Crippen molar-refractivity contribution in [1.82, 2.24) is 9.88 Å². The van der Waals surface area contributed by atoms with E-state index in [9.17, 15) is 14.9 Å². The summed E-state index contributed by atoms with van der Waals surface area (Å²) in [7, 11) is 1.62. The average Bonchev–Trinajstić information content (AvgIpc) is 3.23. The fraction of sp³-hybridized carbons (Fsp3) is 0.304. The predicted molar refractivity (Wildman–Crippen MR) is 128 cm³/mol. The smallest absolute Gasteiger partial charge is 0.269 e.